The van der Waals surface area contributed by atoms with Gasteiger partial charge in [0.2, 0.25) is 0 Å². The molecule has 2 saturated carbocycles. The van der Waals surface area contributed by atoms with Crippen LogP contribution >= 0.6 is 0 Å². The normalized spacial score (nSPS) is 31.7. The molecule has 1 aromatic rings. The average molecular weight is 316 g/mol. The molecule has 2 heterocycles. The number of carbonyl (C=O) groups is 1. The predicted octanol–water partition coefficient (Wildman–Crippen LogP) is 2.51. The van der Waals surface area contributed by atoms with E-state index in [9.17, 15) is 4.79 Å². The second-order valence-corrected chi connectivity index (χ2v) is 7.56. The zero-order valence-corrected chi connectivity index (χ0v) is 13.8. The van der Waals surface area contributed by atoms with Crippen LogP contribution in [0.3, 0.4) is 0 Å². The van der Waals surface area contributed by atoms with Crippen molar-refractivity contribution < 1.29 is 4.79 Å². The van der Waals surface area contributed by atoms with Gasteiger partial charge in [-0.05, 0) is 43.7 Å². The van der Waals surface area contributed by atoms with Gasteiger partial charge in [0.15, 0.2) is 0 Å². The lowest BCUT2D eigenvalue weighted by Gasteiger charge is -2.23. The fourth-order valence-electron chi connectivity index (χ4n) is 4.43. The van der Waals surface area contributed by atoms with Gasteiger partial charge in [0.25, 0.3) is 5.91 Å². The average Bonchev–Trinajstić information content (AvgIpc) is 3.19. The smallest absolute Gasteiger partial charge is 0.272 e. The first-order valence-electron chi connectivity index (χ1n) is 9.38. The van der Waals surface area contributed by atoms with Gasteiger partial charge in [-0.3, -0.25) is 9.48 Å². The third-order valence-corrected chi connectivity index (χ3v) is 5.90. The molecule has 3 fully saturated rings. The molecule has 23 heavy (non-hydrogen) atoms. The Morgan fingerprint density at radius 3 is 2.87 bits per heavy atom. The third kappa shape index (κ3) is 3.44. The van der Waals surface area contributed by atoms with E-state index in [1.54, 1.807) is 0 Å². The fraction of sp³-hybridized carbons (Fsp3) is 0.778. The Bertz CT molecular complexity index is 543. The molecule has 1 saturated heterocycles. The fourth-order valence-corrected chi connectivity index (χ4v) is 4.43. The zero-order chi connectivity index (χ0) is 15.6. The van der Waals surface area contributed by atoms with Gasteiger partial charge in [-0.25, -0.2) is 0 Å². The van der Waals surface area contributed by atoms with E-state index in [-0.39, 0.29) is 5.91 Å². The lowest BCUT2D eigenvalue weighted by molar-refractivity contribution is 0.0940. The van der Waals surface area contributed by atoms with Gasteiger partial charge in [0, 0.05) is 18.8 Å². The largest absolute Gasteiger partial charge is 0.348 e. The van der Waals surface area contributed by atoms with E-state index in [2.05, 4.69) is 15.7 Å². The Kier molecular flexibility index (Phi) is 4.38. The number of hydrogen-bond donors (Lipinski definition) is 2. The Morgan fingerprint density at radius 1 is 1.22 bits per heavy atom. The summed E-state index contributed by atoms with van der Waals surface area (Å²) in [6.07, 6.45) is 12.3. The SMILES string of the molecule is O=C(NC1CC1C1CCCCC1)c1ccn(C2CCCNC2)n1. The Labute approximate surface area is 138 Å². The lowest BCUT2D eigenvalue weighted by Crippen LogP contribution is -2.32. The number of amides is 1. The maximum atomic E-state index is 12.4. The molecule has 3 unspecified atom stereocenters. The van der Waals surface area contributed by atoms with Crippen LogP contribution in [0.5, 0.6) is 0 Å². The summed E-state index contributed by atoms with van der Waals surface area (Å²) in [5.41, 5.74) is 0.574. The third-order valence-electron chi connectivity index (χ3n) is 5.90. The van der Waals surface area contributed by atoms with Crippen molar-refractivity contribution in [1.29, 1.82) is 0 Å². The number of nitrogens with zero attached hydrogens (tertiary/aromatic N) is 2. The number of nitrogens with one attached hydrogen (secondary N) is 2. The maximum absolute atomic E-state index is 12.4. The van der Waals surface area contributed by atoms with Crippen LogP contribution in [0.25, 0.3) is 0 Å². The molecule has 0 spiro atoms. The summed E-state index contributed by atoms with van der Waals surface area (Å²) in [5, 5.41) is 11.1. The predicted molar refractivity (Wildman–Crippen MR) is 89.3 cm³/mol. The summed E-state index contributed by atoms with van der Waals surface area (Å²) < 4.78 is 1.96. The van der Waals surface area contributed by atoms with Gasteiger partial charge in [-0.1, -0.05) is 32.1 Å². The summed E-state index contributed by atoms with van der Waals surface area (Å²) in [5.74, 6) is 1.58. The number of carbonyl (C=O) groups excluding carboxylic acids is 1. The van der Waals surface area contributed by atoms with Gasteiger partial charge in [-0.2, -0.15) is 5.10 Å². The topological polar surface area (TPSA) is 59.0 Å². The van der Waals surface area contributed by atoms with E-state index >= 15 is 0 Å². The van der Waals surface area contributed by atoms with Crippen LogP contribution in [0, 0.1) is 11.8 Å². The van der Waals surface area contributed by atoms with E-state index in [0.717, 1.165) is 31.3 Å². The molecule has 3 atom stereocenters. The Hall–Kier alpha value is -1.36. The van der Waals surface area contributed by atoms with Gasteiger partial charge in [0.05, 0.1) is 6.04 Å². The van der Waals surface area contributed by atoms with E-state index in [4.69, 9.17) is 0 Å². The Morgan fingerprint density at radius 2 is 2.09 bits per heavy atom. The summed E-state index contributed by atoms with van der Waals surface area (Å²) in [7, 11) is 0. The molecule has 2 N–H and O–H groups in total. The molecule has 1 aromatic heterocycles. The highest BCUT2D eigenvalue weighted by atomic mass is 16.2. The second-order valence-electron chi connectivity index (χ2n) is 7.56. The summed E-state index contributed by atoms with van der Waals surface area (Å²) >= 11 is 0. The minimum absolute atomic E-state index is 0.0100. The standard InChI is InChI=1S/C18H28N4O/c23-18(20-17-11-15(17)13-5-2-1-3-6-13)16-8-10-22(21-16)14-7-4-9-19-12-14/h8,10,13-15,17,19H,1-7,9,11-12H2,(H,20,23). The van der Waals surface area contributed by atoms with Gasteiger partial charge in [0.1, 0.15) is 5.69 Å². The number of hydrogen-bond acceptors (Lipinski definition) is 3. The van der Waals surface area contributed by atoms with E-state index in [1.807, 2.05) is 16.9 Å². The highest BCUT2D eigenvalue weighted by Gasteiger charge is 2.44. The number of aromatic nitrogens is 2. The monoisotopic (exact) mass is 316 g/mol. The van der Waals surface area contributed by atoms with Crippen LogP contribution in [0.2, 0.25) is 0 Å². The van der Waals surface area contributed by atoms with E-state index < -0.39 is 0 Å². The number of piperidine rings is 1. The molecule has 3 aliphatic rings. The number of rotatable bonds is 4. The summed E-state index contributed by atoms with van der Waals surface area (Å²) in [6, 6.07) is 2.65. The van der Waals surface area contributed by atoms with Crippen LogP contribution < -0.4 is 10.6 Å². The van der Waals surface area contributed by atoms with Gasteiger partial charge in [-0.15, -0.1) is 0 Å². The lowest BCUT2D eigenvalue weighted by atomic mass is 9.85. The minimum Gasteiger partial charge on any atom is -0.348 e. The van der Waals surface area contributed by atoms with Crippen LogP contribution in [-0.4, -0.2) is 34.8 Å². The van der Waals surface area contributed by atoms with Crippen molar-refractivity contribution in [1.82, 2.24) is 20.4 Å². The van der Waals surface area contributed by atoms with Crippen LogP contribution in [0.4, 0.5) is 0 Å². The van der Waals surface area contributed by atoms with Gasteiger partial charge >= 0.3 is 0 Å². The minimum atomic E-state index is 0.0100. The molecule has 0 radical (unpaired) electrons. The van der Waals surface area contributed by atoms with Crippen LogP contribution in [-0.2, 0) is 0 Å². The first-order valence-corrected chi connectivity index (χ1v) is 9.38. The van der Waals surface area contributed by atoms with Crippen LogP contribution in [0.15, 0.2) is 12.3 Å². The molecule has 1 aliphatic heterocycles. The molecule has 1 amide bonds. The van der Waals surface area contributed by atoms with E-state index in [1.165, 1.54) is 44.9 Å². The summed E-state index contributed by atoms with van der Waals surface area (Å²) in [4.78, 5) is 12.4. The van der Waals surface area contributed by atoms with Crippen molar-refractivity contribution in [2.75, 3.05) is 13.1 Å². The molecule has 0 bridgehead atoms. The van der Waals surface area contributed by atoms with Crippen molar-refractivity contribution in [3.05, 3.63) is 18.0 Å². The molecule has 5 nitrogen and oxygen atoms in total. The van der Waals surface area contributed by atoms with Crippen molar-refractivity contribution in [2.24, 2.45) is 11.8 Å². The molecule has 126 valence electrons. The summed E-state index contributed by atoms with van der Waals surface area (Å²) in [6.45, 7) is 2.05. The first-order chi connectivity index (χ1) is 11.3. The molecular formula is C18H28N4O. The first kappa shape index (κ1) is 15.2. The van der Waals surface area contributed by atoms with E-state index in [0.29, 0.717) is 17.8 Å². The van der Waals surface area contributed by atoms with Crippen molar-refractivity contribution in [3.8, 4) is 0 Å². The molecule has 2 aliphatic carbocycles. The second kappa shape index (κ2) is 6.63. The van der Waals surface area contributed by atoms with Crippen LogP contribution in [0.1, 0.15) is 67.9 Å². The Balaban J connectivity index is 1.30. The van der Waals surface area contributed by atoms with Crippen molar-refractivity contribution in [2.45, 2.75) is 63.5 Å². The highest BCUT2D eigenvalue weighted by Crippen LogP contribution is 2.44. The van der Waals surface area contributed by atoms with Crippen molar-refractivity contribution in [3.63, 3.8) is 0 Å². The molecular weight excluding hydrogens is 288 g/mol. The van der Waals surface area contributed by atoms with Crippen molar-refractivity contribution >= 4 is 5.91 Å². The molecule has 4 rings (SSSR count). The zero-order valence-electron chi connectivity index (χ0n) is 13.8. The highest BCUT2D eigenvalue weighted by molar-refractivity contribution is 5.92. The maximum Gasteiger partial charge on any atom is 0.272 e. The molecule has 5 heteroatoms. The molecule has 0 aromatic carbocycles. The van der Waals surface area contributed by atoms with Gasteiger partial charge < -0.3 is 10.6 Å². The quantitative estimate of drug-likeness (QED) is 0.897.